The number of unbranched alkanes of at least 4 members (excludes halogenated alkanes) is 2. The molecule has 0 atom stereocenters. The molecule has 0 radical (unpaired) electrons. The number of carbonyl (C=O) groups is 1. The summed E-state index contributed by atoms with van der Waals surface area (Å²) in [6, 6.07) is 0. The molecular formula is C25H55NO4Si2. The lowest BCUT2D eigenvalue weighted by molar-refractivity contribution is 0.0296. The van der Waals surface area contributed by atoms with Crippen LogP contribution in [0.1, 0.15) is 94.9 Å². The van der Waals surface area contributed by atoms with Crippen LogP contribution in [-0.2, 0) is 13.6 Å². The Morgan fingerprint density at radius 2 is 1.16 bits per heavy atom. The number of ether oxygens (including phenoxy) is 1. The minimum absolute atomic E-state index is 0.0916. The number of hydrogen-bond donors (Lipinski definition) is 1. The van der Waals surface area contributed by atoms with Crippen molar-refractivity contribution in [1.82, 2.24) is 5.32 Å². The van der Waals surface area contributed by atoms with Crippen LogP contribution < -0.4 is 5.32 Å². The van der Waals surface area contributed by atoms with Gasteiger partial charge in [-0.1, -0.05) is 67.7 Å². The number of carbonyl (C=O) groups excluding carboxylic acids is 1. The molecule has 192 valence electrons. The lowest BCUT2D eigenvalue weighted by atomic mass is 9.94. The average molecular weight is 490 g/mol. The maximum Gasteiger partial charge on any atom is 0.408 e. The first-order chi connectivity index (χ1) is 14.1. The van der Waals surface area contributed by atoms with Gasteiger partial charge in [0.05, 0.1) is 18.8 Å². The molecule has 0 fully saturated rings. The van der Waals surface area contributed by atoms with E-state index in [1.165, 1.54) is 0 Å². The van der Waals surface area contributed by atoms with Gasteiger partial charge in [-0.2, -0.15) is 0 Å². The molecule has 0 aromatic carbocycles. The van der Waals surface area contributed by atoms with Crippen LogP contribution in [0.5, 0.6) is 0 Å². The predicted molar refractivity (Wildman–Crippen MR) is 143 cm³/mol. The zero-order valence-corrected chi connectivity index (χ0v) is 25.9. The van der Waals surface area contributed by atoms with E-state index in [-0.39, 0.29) is 10.1 Å². The van der Waals surface area contributed by atoms with Crippen molar-refractivity contribution in [2.75, 3.05) is 13.2 Å². The van der Waals surface area contributed by atoms with Crippen LogP contribution in [0, 0.1) is 0 Å². The second-order valence-electron chi connectivity index (χ2n) is 13.5. The molecule has 0 aliphatic carbocycles. The Kier molecular flexibility index (Phi) is 11.2. The van der Waals surface area contributed by atoms with Crippen molar-refractivity contribution in [3.05, 3.63) is 0 Å². The predicted octanol–water partition coefficient (Wildman–Crippen LogP) is 7.87. The van der Waals surface area contributed by atoms with Gasteiger partial charge < -0.3 is 18.9 Å². The fraction of sp³-hybridized carbons (Fsp3) is 0.960. The van der Waals surface area contributed by atoms with Gasteiger partial charge in [0.1, 0.15) is 5.60 Å². The van der Waals surface area contributed by atoms with Crippen molar-refractivity contribution in [2.45, 2.75) is 142 Å². The molecule has 1 amide bonds. The van der Waals surface area contributed by atoms with Crippen LogP contribution in [0.25, 0.3) is 0 Å². The van der Waals surface area contributed by atoms with Crippen LogP contribution >= 0.6 is 0 Å². The first-order valence-corrected chi connectivity index (χ1v) is 18.2. The lowest BCUT2D eigenvalue weighted by Gasteiger charge is -2.44. The van der Waals surface area contributed by atoms with Gasteiger partial charge in [0.25, 0.3) is 0 Å². The summed E-state index contributed by atoms with van der Waals surface area (Å²) in [7, 11) is -4.02. The fourth-order valence-corrected chi connectivity index (χ4v) is 4.76. The van der Waals surface area contributed by atoms with Crippen LogP contribution in [-0.4, -0.2) is 47.1 Å². The Morgan fingerprint density at radius 1 is 0.750 bits per heavy atom. The van der Waals surface area contributed by atoms with Gasteiger partial charge in [0.2, 0.25) is 0 Å². The average Bonchev–Trinajstić information content (AvgIpc) is 2.54. The number of rotatable bonds is 11. The Bertz CT molecular complexity index is 554. The van der Waals surface area contributed by atoms with Crippen molar-refractivity contribution in [1.29, 1.82) is 0 Å². The summed E-state index contributed by atoms with van der Waals surface area (Å²) in [6.45, 7) is 31.2. The maximum absolute atomic E-state index is 12.9. The number of hydrogen-bond acceptors (Lipinski definition) is 4. The van der Waals surface area contributed by atoms with E-state index in [1.807, 2.05) is 20.8 Å². The van der Waals surface area contributed by atoms with Crippen molar-refractivity contribution >= 4 is 22.7 Å². The van der Waals surface area contributed by atoms with Gasteiger partial charge in [-0.05, 0) is 63.5 Å². The first kappa shape index (κ1) is 31.6. The van der Waals surface area contributed by atoms with Crippen molar-refractivity contribution in [2.24, 2.45) is 0 Å². The summed E-state index contributed by atoms with van der Waals surface area (Å²) in [5, 5.41) is 3.41. The molecule has 0 saturated heterocycles. The van der Waals surface area contributed by atoms with E-state index in [4.69, 9.17) is 13.6 Å². The SMILES string of the molecule is CCCCCC(CO[Si](C)(C)C(C)(C)C)(CO[Si](C)(C)C(C)(C)C)NC(=O)OC(C)(C)C. The minimum Gasteiger partial charge on any atom is -0.444 e. The Balaban J connectivity index is 5.99. The largest absolute Gasteiger partial charge is 0.444 e. The molecule has 0 aliphatic heterocycles. The molecule has 0 aromatic rings. The second-order valence-corrected chi connectivity index (χ2v) is 23.1. The third kappa shape index (κ3) is 10.7. The van der Waals surface area contributed by atoms with E-state index in [9.17, 15) is 4.79 Å². The third-order valence-electron chi connectivity index (χ3n) is 7.06. The zero-order chi connectivity index (χ0) is 25.6. The molecule has 0 spiro atoms. The number of alkyl carbamates (subject to hydrolysis) is 1. The molecule has 7 heteroatoms. The summed E-state index contributed by atoms with van der Waals surface area (Å²) < 4.78 is 19.0. The number of nitrogens with one attached hydrogen (secondary N) is 1. The van der Waals surface area contributed by atoms with E-state index in [2.05, 4.69) is 80.0 Å². The molecule has 0 aliphatic rings. The number of amides is 1. The topological polar surface area (TPSA) is 56.8 Å². The van der Waals surface area contributed by atoms with Crippen LogP contribution in [0.4, 0.5) is 4.79 Å². The second kappa shape index (κ2) is 11.4. The molecule has 0 aromatic heterocycles. The molecule has 0 heterocycles. The normalized spacial score (nSPS) is 14.4. The molecular weight excluding hydrogens is 434 g/mol. The summed E-state index contributed by atoms with van der Waals surface area (Å²) in [6.07, 6.45) is 3.65. The highest BCUT2D eigenvalue weighted by molar-refractivity contribution is 6.74. The highest BCUT2D eigenvalue weighted by atomic mass is 28.4. The summed E-state index contributed by atoms with van der Waals surface area (Å²) in [5.74, 6) is 0. The van der Waals surface area contributed by atoms with Crippen molar-refractivity contribution in [3.63, 3.8) is 0 Å². The quantitative estimate of drug-likeness (QED) is 0.237. The van der Waals surface area contributed by atoms with Gasteiger partial charge in [0.15, 0.2) is 16.6 Å². The Morgan fingerprint density at radius 3 is 1.47 bits per heavy atom. The molecule has 1 N–H and O–H groups in total. The minimum atomic E-state index is -2.01. The Hall–Kier alpha value is -0.376. The summed E-state index contributed by atoms with van der Waals surface area (Å²) in [5.41, 5.74) is -1.16. The highest BCUT2D eigenvalue weighted by Gasteiger charge is 2.44. The summed E-state index contributed by atoms with van der Waals surface area (Å²) in [4.78, 5) is 12.9. The van der Waals surface area contributed by atoms with Gasteiger partial charge in [-0.25, -0.2) is 4.79 Å². The van der Waals surface area contributed by atoms with E-state index in [0.29, 0.717) is 13.2 Å². The molecule has 0 bridgehead atoms. The maximum atomic E-state index is 12.9. The zero-order valence-electron chi connectivity index (χ0n) is 23.9. The third-order valence-corrected chi connectivity index (χ3v) is 16.0. The monoisotopic (exact) mass is 489 g/mol. The van der Waals surface area contributed by atoms with E-state index >= 15 is 0 Å². The molecule has 5 nitrogen and oxygen atoms in total. The molecule has 32 heavy (non-hydrogen) atoms. The fourth-order valence-electron chi connectivity index (χ4n) is 2.62. The molecule has 0 saturated carbocycles. The molecule has 0 unspecified atom stereocenters. The standard InChI is InChI=1S/C25H55NO4Si2/c1-15-16-17-18-25(26-21(27)30-22(2,3)4,19-28-31(11,12)23(5,6)7)20-29-32(13,14)24(8,9)10/h15-20H2,1-14H3,(H,26,27). The van der Waals surface area contributed by atoms with Crippen LogP contribution in [0.15, 0.2) is 0 Å². The van der Waals surface area contributed by atoms with E-state index < -0.39 is 33.9 Å². The van der Waals surface area contributed by atoms with Crippen molar-refractivity contribution < 1.29 is 18.4 Å². The van der Waals surface area contributed by atoms with Crippen LogP contribution in [0.3, 0.4) is 0 Å². The van der Waals surface area contributed by atoms with Gasteiger partial charge >= 0.3 is 6.09 Å². The first-order valence-electron chi connectivity index (χ1n) is 12.4. The van der Waals surface area contributed by atoms with Crippen molar-refractivity contribution in [3.8, 4) is 0 Å². The van der Waals surface area contributed by atoms with Gasteiger partial charge in [-0.3, -0.25) is 0 Å². The smallest absolute Gasteiger partial charge is 0.408 e. The van der Waals surface area contributed by atoms with Gasteiger partial charge in [-0.15, -0.1) is 0 Å². The Labute approximate surface area is 202 Å². The van der Waals surface area contributed by atoms with Crippen LogP contribution in [0.2, 0.25) is 36.3 Å². The lowest BCUT2D eigenvalue weighted by Crippen LogP contribution is -2.60. The van der Waals surface area contributed by atoms with E-state index in [0.717, 1.165) is 25.7 Å². The summed E-state index contributed by atoms with van der Waals surface area (Å²) >= 11 is 0. The van der Waals surface area contributed by atoms with Gasteiger partial charge in [0, 0.05) is 0 Å². The van der Waals surface area contributed by atoms with E-state index in [1.54, 1.807) is 0 Å². The highest BCUT2D eigenvalue weighted by Crippen LogP contribution is 2.39. The molecule has 0 rings (SSSR count).